The van der Waals surface area contributed by atoms with Crippen LogP contribution in [0.1, 0.15) is 13.3 Å². The number of primary amides is 1. The molecule has 1 fully saturated rings. The minimum Gasteiger partial charge on any atom is -0.399 e. The van der Waals surface area contributed by atoms with Crippen molar-refractivity contribution in [3.8, 4) is 0 Å². The van der Waals surface area contributed by atoms with Crippen molar-refractivity contribution in [2.45, 2.75) is 13.3 Å². The number of rotatable bonds is 4. The summed E-state index contributed by atoms with van der Waals surface area (Å²) in [7, 11) is 1.73. The molecular formula is C15H22N4O2. The van der Waals surface area contributed by atoms with Gasteiger partial charge in [0, 0.05) is 25.0 Å². The minimum absolute atomic E-state index is 0.0199. The van der Waals surface area contributed by atoms with Crippen LogP contribution in [0.3, 0.4) is 0 Å². The van der Waals surface area contributed by atoms with Gasteiger partial charge in [0.2, 0.25) is 11.8 Å². The second kappa shape index (κ2) is 5.73. The van der Waals surface area contributed by atoms with Gasteiger partial charge in [-0.25, -0.2) is 0 Å². The van der Waals surface area contributed by atoms with E-state index in [1.807, 2.05) is 24.0 Å². The predicted octanol–water partition coefficient (Wildman–Crippen LogP) is 0.429. The summed E-state index contributed by atoms with van der Waals surface area (Å²) >= 11 is 0. The number of nitrogen functional groups attached to an aromatic ring is 1. The SMILES string of the molecule is CN(C(=O)CN1CCC(C)(C(N)=O)C1)c1ccc(N)cc1. The van der Waals surface area contributed by atoms with Crippen molar-refractivity contribution < 1.29 is 9.59 Å². The summed E-state index contributed by atoms with van der Waals surface area (Å²) in [5.74, 6) is -0.321. The van der Waals surface area contributed by atoms with Crippen molar-refractivity contribution in [3.63, 3.8) is 0 Å². The van der Waals surface area contributed by atoms with Crippen LogP contribution in [0, 0.1) is 5.41 Å². The van der Waals surface area contributed by atoms with Crippen LogP contribution in [0.2, 0.25) is 0 Å². The van der Waals surface area contributed by atoms with Crippen LogP contribution >= 0.6 is 0 Å². The van der Waals surface area contributed by atoms with E-state index in [1.54, 1.807) is 24.1 Å². The molecule has 21 heavy (non-hydrogen) atoms. The molecular weight excluding hydrogens is 268 g/mol. The number of hydrogen-bond donors (Lipinski definition) is 2. The van der Waals surface area contributed by atoms with Crippen LogP contribution in [-0.4, -0.2) is 43.4 Å². The molecule has 0 aromatic heterocycles. The zero-order valence-corrected chi connectivity index (χ0v) is 12.5. The fraction of sp³-hybridized carbons (Fsp3) is 0.467. The first-order valence-corrected chi connectivity index (χ1v) is 6.96. The van der Waals surface area contributed by atoms with E-state index in [0.29, 0.717) is 25.2 Å². The fourth-order valence-corrected chi connectivity index (χ4v) is 2.53. The molecule has 6 nitrogen and oxygen atoms in total. The highest BCUT2D eigenvalue weighted by Crippen LogP contribution is 2.29. The highest BCUT2D eigenvalue weighted by molar-refractivity contribution is 5.94. The van der Waals surface area contributed by atoms with Gasteiger partial charge in [-0.3, -0.25) is 14.5 Å². The maximum Gasteiger partial charge on any atom is 0.240 e. The van der Waals surface area contributed by atoms with Crippen molar-refractivity contribution in [2.75, 3.05) is 37.3 Å². The Labute approximate surface area is 124 Å². The monoisotopic (exact) mass is 290 g/mol. The average molecular weight is 290 g/mol. The molecule has 0 saturated carbocycles. The zero-order valence-electron chi connectivity index (χ0n) is 12.5. The number of likely N-dealkylation sites (tertiary alicyclic amines) is 1. The highest BCUT2D eigenvalue weighted by Gasteiger charge is 2.39. The third-order valence-corrected chi connectivity index (χ3v) is 4.16. The Hall–Kier alpha value is -2.08. The highest BCUT2D eigenvalue weighted by atomic mass is 16.2. The average Bonchev–Trinajstić information content (AvgIpc) is 2.81. The molecule has 0 bridgehead atoms. The summed E-state index contributed by atoms with van der Waals surface area (Å²) in [6.07, 6.45) is 0.696. The van der Waals surface area contributed by atoms with Gasteiger partial charge in [-0.05, 0) is 44.2 Å². The van der Waals surface area contributed by atoms with E-state index in [9.17, 15) is 9.59 Å². The van der Waals surface area contributed by atoms with Gasteiger partial charge in [-0.1, -0.05) is 0 Å². The van der Waals surface area contributed by atoms with Crippen LogP contribution in [0.15, 0.2) is 24.3 Å². The fourth-order valence-electron chi connectivity index (χ4n) is 2.53. The molecule has 1 aliphatic rings. The summed E-state index contributed by atoms with van der Waals surface area (Å²) < 4.78 is 0. The number of likely N-dealkylation sites (N-methyl/N-ethyl adjacent to an activating group) is 1. The first kappa shape index (κ1) is 15.3. The summed E-state index contributed by atoms with van der Waals surface area (Å²) in [6, 6.07) is 7.15. The van der Waals surface area contributed by atoms with Gasteiger partial charge in [-0.15, -0.1) is 0 Å². The van der Waals surface area contributed by atoms with Crippen molar-refractivity contribution in [1.82, 2.24) is 4.90 Å². The summed E-state index contributed by atoms with van der Waals surface area (Å²) in [6.45, 7) is 3.37. The molecule has 1 atom stereocenters. The van der Waals surface area contributed by atoms with Crippen molar-refractivity contribution in [2.24, 2.45) is 11.1 Å². The zero-order chi connectivity index (χ0) is 15.6. The number of nitrogens with two attached hydrogens (primary N) is 2. The Morgan fingerprint density at radius 1 is 1.33 bits per heavy atom. The Bertz CT molecular complexity index is 543. The van der Waals surface area contributed by atoms with E-state index in [2.05, 4.69) is 0 Å². The molecule has 4 N–H and O–H groups in total. The number of carbonyl (C=O) groups is 2. The molecule has 1 unspecified atom stereocenters. The number of hydrogen-bond acceptors (Lipinski definition) is 4. The largest absolute Gasteiger partial charge is 0.399 e. The first-order chi connectivity index (χ1) is 9.82. The van der Waals surface area contributed by atoms with Gasteiger partial charge in [0.15, 0.2) is 0 Å². The van der Waals surface area contributed by atoms with E-state index in [0.717, 1.165) is 5.69 Å². The van der Waals surface area contributed by atoms with Crippen molar-refractivity contribution >= 4 is 23.2 Å². The molecule has 1 saturated heterocycles. The van der Waals surface area contributed by atoms with Gasteiger partial charge in [0.05, 0.1) is 12.0 Å². The van der Waals surface area contributed by atoms with Gasteiger partial charge in [0.25, 0.3) is 0 Å². The molecule has 0 spiro atoms. The van der Waals surface area contributed by atoms with E-state index in [4.69, 9.17) is 11.5 Å². The molecule has 1 heterocycles. The summed E-state index contributed by atoms with van der Waals surface area (Å²) in [5, 5.41) is 0. The second-order valence-electron chi connectivity index (χ2n) is 5.93. The molecule has 0 radical (unpaired) electrons. The van der Waals surface area contributed by atoms with E-state index in [-0.39, 0.29) is 18.4 Å². The van der Waals surface area contributed by atoms with Gasteiger partial charge >= 0.3 is 0 Å². The standard InChI is InChI=1S/C15H22N4O2/c1-15(14(17)21)7-8-19(10-15)9-13(20)18(2)12-5-3-11(16)4-6-12/h3-6H,7-10,16H2,1-2H3,(H2,17,21). The topological polar surface area (TPSA) is 92.7 Å². The lowest BCUT2D eigenvalue weighted by atomic mass is 9.89. The van der Waals surface area contributed by atoms with E-state index < -0.39 is 5.41 Å². The van der Waals surface area contributed by atoms with E-state index in [1.165, 1.54) is 0 Å². The predicted molar refractivity (Wildman–Crippen MR) is 82.6 cm³/mol. The molecule has 1 aromatic rings. The third kappa shape index (κ3) is 3.33. The van der Waals surface area contributed by atoms with Crippen LogP contribution in [0.4, 0.5) is 11.4 Å². The quantitative estimate of drug-likeness (QED) is 0.786. The maximum atomic E-state index is 12.3. The van der Waals surface area contributed by atoms with Crippen molar-refractivity contribution in [1.29, 1.82) is 0 Å². The van der Waals surface area contributed by atoms with Gasteiger partial charge in [-0.2, -0.15) is 0 Å². The van der Waals surface area contributed by atoms with Crippen molar-refractivity contribution in [3.05, 3.63) is 24.3 Å². The molecule has 114 valence electrons. The molecule has 1 aromatic carbocycles. The molecule has 0 aliphatic carbocycles. The number of carbonyl (C=O) groups excluding carboxylic acids is 2. The number of anilines is 2. The second-order valence-corrected chi connectivity index (χ2v) is 5.93. The van der Waals surface area contributed by atoms with Crippen LogP contribution in [0.5, 0.6) is 0 Å². The number of amides is 2. The normalized spacial score (nSPS) is 22.2. The first-order valence-electron chi connectivity index (χ1n) is 6.96. The van der Waals surface area contributed by atoms with Crippen LogP contribution < -0.4 is 16.4 Å². The summed E-state index contributed by atoms with van der Waals surface area (Å²) in [5.41, 5.74) is 12.0. The lowest BCUT2D eigenvalue weighted by molar-refractivity contribution is -0.126. The lowest BCUT2D eigenvalue weighted by Crippen LogP contribution is -2.41. The van der Waals surface area contributed by atoms with Crippen LogP contribution in [0.25, 0.3) is 0 Å². The minimum atomic E-state index is -0.528. The summed E-state index contributed by atoms with van der Waals surface area (Å²) in [4.78, 5) is 27.3. The Morgan fingerprint density at radius 3 is 2.48 bits per heavy atom. The Kier molecular flexibility index (Phi) is 4.18. The molecule has 2 amide bonds. The van der Waals surface area contributed by atoms with Gasteiger partial charge < -0.3 is 16.4 Å². The number of benzene rings is 1. The molecule has 1 aliphatic heterocycles. The van der Waals surface area contributed by atoms with Gasteiger partial charge in [0.1, 0.15) is 0 Å². The smallest absolute Gasteiger partial charge is 0.240 e. The maximum absolute atomic E-state index is 12.3. The Balaban J connectivity index is 1.96. The third-order valence-electron chi connectivity index (χ3n) is 4.16. The lowest BCUT2D eigenvalue weighted by Gasteiger charge is -2.23. The molecule has 2 rings (SSSR count). The van der Waals surface area contributed by atoms with E-state index >= 15 is 0 Å². The molecule has 6 heteroatoms. The van der Waals surface area contributed by atoms with Crippen LogP contribution in [-0.2, 0) is 9.59 Å². The Morgan fingerprint density at radius 2 is 1.95 bits per heavy atom. The number of nitrogens with zero attached hydrogens (tertiary/aromatic N) is 2.